The maximum atomic E-state index is 5.50. The Labute approximate surface area is 106 Å². The molecule has 1 aromatic carbocycles. The van der Waals surface area contributed by atoms with Crippen LogP contribution in [-0.2, 0) is 11.2 Å². The molecule has 0 saturated carbocycles. The van der Waals surface area contributed by atoms with Crippen LogP contribution in [-0.4, -0.2) is 23.7 Å². The van der Waals surface area contributed by atoms with Crippen molar-refractivity contribution in [2.24, 2.45) is 0 Å². The molecule has 0 aliphatic heterocycles. The summed E-state index contributed by atoms with van der Waals surface area (Å²) < 4.78 is 5.09. The van der Waals surface area contributed by atoms with E-state index in [1.165, 1.54) is 11.8 Å². The molecular weight excluding hydrogens is 228 g/mol. The van der Waals surface area contributed by atoms with Gasteiger partial charge in [-0.2, -0.15) is 0 Å². The highest BCUT2D eigenvalue weighted by Gasteiger charge is 2.03. The first-order valence-corrected chi connectivity index (χ1v) is 5.71. The van der Waals surface area contributed by atoms with E-state index in [0.29, 0.717) is 18.2 Å². The van der Waals surface area contributed by atoms with Crippen LogP contribution in [0.4, 0.5) is 17.3 Å². The van der Waals surface area contributed by atoms with Gasteiger partial charge in [-0.05, 0) is 18.1 Å². The molecule has 94 valence electrons. The van der Waals surface area contributed by atoms with E-state index in [9.17, 15) is 0 Å². The predicted molar refractivity (Wildman–Crippen MR) is 71.7 cm³/mol. The molecule has 0 unspecified atom stereocenters. The molecule has 2 rings (SSSR count). The molecular formula is C13H16N4O. The van der Waals surface area contributed by atoms with Gasteiger partial charge in [0.25, 0.3) is 0 Å². The lowest BCUT2D eigenvalue weighted by Gasteiger charge is -2.10. The van der Waals surface area contributed by atoms with Crippen molar-refractivity contribution in [1.29, 1.82) is 0 Å². The highest BCUT2D eigenvalue weighted by molar-refractivity contribution is 5.60. The number of hydrogen-bond acceptors (Lipinski definition) is 5. The Hall–Kier alpha value is -2.14. The molecule has 0 aliphatic carbocycles. The largest absolute Gasteiger partial charge is 0.384 e. The van der Waals surface area contributed by atoms with Gasteiger partial charge in [-0.3, -0.25) is 0 Å². The molecule has 0 aliphatic rings. The number of para-hydroxylation sites is 1. The third-order valence-corrected chi connectivity index (χ3v) is 2.53. The predicted octanol–water partition coefficient (Wildman–Crippen LogP) is 1.99. The zero-order chi connectivity index (χ0) is 12.8. The van der Waals surface area contributed by atoms with Gasteiger partial charge in [-0.15, -0.1) is 0 Å². The zero-order valence-electron chi connectivity index (χ0n) is 10.3. The van der Waals surface area contributed by atoms with Crippen LogP contribution in [0.25, 0.3) is 0 Å². The summed E-state index contributed by atoms with van der Waals surface area (Å²) in [5.74, 6) is 1.09. The normalized spacial score (nSPS) is 10.3. The van der Waals surface area contributed by atoms with E-state index >= 15 is 0 Å². The van der Waals surface area contributed by atoms with Gasteiger partial charge in [0.2, 0.25) is 0 Å². The number of anilines is 3. The smallest absolute Gasteiger partial charge is 0.149 e. The average Bonchev–Trinajstić information content (AvgIpc) is 2.40. The Kier molecular flexibility index (Phi) is 4.09. The van der Waals surface area contributed by atoms with Gasteiger partial charge in [-0.1, -0.05) is 18.2 Å². The highest BCUT2D eigenvalue weighted by atomic mass is 16.5. The lowest BCUT2D eigenvalue weighted by molar-refractivity contribution is 0.202. The molecule has 18 heavy (non-hydrogen) atoms. The van der Waals surface area contributed by atoms with Crippen LogP contribution >= 0.6 is 0 Å². The number of hydrogen-bond donors (Lipinski definition) is 2. The topological polar surface area (TPSA) is 73.1 Å². The van der Waals surface area contributed by atoms with E-state index in [1.54, 1.807) is 13.3 Å². The molecule has 0 spiro atoms. The first-order chi connectivity index (χ1) is 8.79. The molecule has 0 bridgehead atoms. The Morgan fingerprint density at radius 1 is 1.22 bits per heavy atom. The second-order valence-electron chi connectivity index (χ2n) is 3.85. The van der Waals surface area contributed by atoms with Gasteiger partial charge < -0.3 is 15.8 Å². The molecule has 1 heterocycles. The van der Waals surface area contributed by atoms with Crippen LogP contribution in [0, 0.1) is 0 Å². The number of nitrogens with zero attached hydrogens (tertiary/aromatic N) is 2. The summed E-state index contributed by atoms with van der Waals surface area (Å²) in [5, 5.41) is 3.22. The average molecular weight is 244 g/mol. The van der Waals surface area contributed by atoms with Crippen LogP contribution in [0.5, 0.6) is 0 Å². The van der Waals surface area contributed by atoms with Gasteiger partial charge in [0.05, 0.1) is 19.0 Å². The fraction of sp³-hybridized carbons (Fsp3) is 0.231. The number of rotatable bonds is 5. The maximum absolute atomic E-state index is 5.50. The van der Waals surface area contributed by atoms with Gasteiger partial charge in [0.1, 0.15) is 11.6 Å². The summed E-state index contributed by atoms with van der Waals surface area (Å²) in [6, 6.07) is 8.04. The van der Waals surface area contributed by atoms with Crippen LogP contribution in [0.15, 0.2) is 36.7 Å². The molecule has 3 N–H and O–H groups in total. The minimum atomic E-state index is 0.410. The second-order valence-corrected chi connectivity index (χ2v) is 3.85. The number of benzene rings is 1. The first kappa shape index (κ1) is 12.3. The number of nitrogens with two attached hydrogens (primary N) is 1. The molecule has 0 atom stereocenters. The number of ether oxygens (including phenoxy) is 1. The van der Waals surface area contributed by atoms with Crippen molar-refractivity contribution in [3.8, 4) is 0 Å². The van der Waals surface area contributed by atoms with Gasteiger partial charge in [-0.25, -0.2) is 9.97 Å². The molecule has 0 fully saturated rings. The number of aromatic nitrogens is 2. The quantitative estimate of drug-likeness (QED) is 0.841. The van der Waals surface area contributed by atoms with Crippen LogP contribution in [0.1, 0.15) is 5.56 Å². The van der Waals surface area contributed by atoms with E-state index in [0.717, 1.165) is 12.1 Å². The Balaban J connectivity index is 2.15. The highest BCUT2D eigenvalue weighted by Crippen LogP contribution is 2.19. The van der Waals surface area contributed by atoms with Gasteiger partial charge in [0, 0.05) is 12.8 Å². The summed E-state index contributed by atoms with van der Waals surface area (Å²) in [6.07, 6.45) is 3.99. The van der Waals surface area contributed by atoms with Crippen molar-refractivity contribution in [3.63, 3.8) is 0 Å². The van der Waals surface area contributed by atoms with Crippen LogP contribution < -0.4 is 11.1 Å². The monoisotopic (exact) mass is 244 g/mol. The zero-order valence-corrected chi connectivity index (χ0v) is 10.3. The third kappa shape index (κ3) is 3.18. The number of nitrogen functional groups attached to an aromatic ring is 1. The van der Waals surface area contributed by atoms with Crippen molar-refractivity contribution >= 4 is 17.3 Å². The van der Waals surface area contributed by atoms with Crippen molar-refractivity contribution in [3.05, 3.63) is 42.2 Å². The lowest BCUT2D eigenvalue weighted by Crippen LogP contribution is -2.02. The van der Waals surface area contributed by atoms with E-state index in [1.807, 2.05) is 18.2 Å². The Bertz CT molecular complexity index is 499. The SMILES string of the molecule is COCCc1ccccc1Nc1cnc(N)cn1. The second kappa shape index (κ2) is 5.97. The van der Waals surface area contributed by atoms with E-state index in [2.05, 4.69) is 21.4 Å². The third-order valence-electron chi connectivity index (χ3n) is 2.53. The van der Waals surface area contributed by atoms with Crippen LogP contribution in [0.3, 0.4) is 0 Å². The summed E-state index contributed by atoms with van der Waals surface area (Å²) in [7, 11) is 1.70. The minimum Gasteiger partial charge on any atom is -0.384 e. The van der Waals surface area contributed by atoms with Crippen molar-refractivity contribution in [2.75, 3.05) is 24.8 Å². The molecule has 1 aromatic heterocycles. The lowest BCUT2D eigenvalue weighted by atomic mass is 10.1. The fourth-order valence-corrected chi connectivity index (χ4v) is 1.61. The Morgan fingerprint density at radius 3 is 2.78 bits per heavy atom. The van der Waals surface area contributed by atoms with Crippen molar-refractivity contribution in [1.82, 2.24) is 9.97 Å². The number of nitrogens with one attached hydrogen (secondary N) is 1. The summed E-state index contributed by atoms with van der Waals surface area (Å²) in [4.78, 5) is 8.16. The van der Waals surface area contributed by atoms with E-state index in [-0.39, 0.29) is 0 Å². The van der Waals surface area contributed by atoms with Crippen molar-refractivity contribution in [2.45, 2.75) is 6.42 Å². The summed E-state index contributed by atoms with van der Waals surface area (Å²) in [5.41, 5.74) is 7.68. The minimum absolute atomic E-state index is 0.410. The molecule has 5 heteroatoms. The fourth-order valence-electron chi connectivity index (χ4n) is 1.61. The number of methoxy groups -OCH3 is 1. The summed E-state index contributed by atoms with van der Waals surface area (Å²) in [6.45, 7) is 0.687. The molecule has 0 amide bonds. The first-order valence-electron chi connectivity index (χ1n) is 5.71. The standard InChI is InChI=1S/C13H16N4O/c1-18-7-6-10-4-2-3-5-11(10)17-13-9-15-12(14)8-16-13/h2-5,8-9H,6-7H2,1H3,(H2,14,15)(H,16,17). The molecule has 0 saturated heterocycles. The Morgan fingerprint density at radius 2 is 2.06 bits per heavy atom. The van der Waals surface area contributed by atoms with E-state index < -0.39 is 0 Å². The van der Waals surface area contributed by atoms with Crippen molar-refractivity contribution < 1.29 is 4.74 Å². The molecule has 5 nitrogen and oxygen atoms in total. The maximum Gasteiger partial charge on any atom is 0.149 e. The van der Waals surface area contributed by atoms with Gasteiger partial charge >= 0.3 is 0 Å². The molecule has 2 aromatic rings. The van der Waals surface area contributed by atoms with E-state index in [4.69, 9.17) is 10.5 Å². The van der Waals surface area contributed by atoms with Gasteiger partial charge in [0.15, 0.2) is 0 Å². The molecule has 0 radical (unpaired) electrons. The van der Waals surface area contributed by atoms with Crippen LogP contribution in [0.2, 0.25) is 0 Å². The summed E-state index contributed by atoms with van der Waals surface area (Å²) >= 11 is 0.